The fourth-order valence-corrected chi connectivity index (χ4v) is 11.9. The molecule has 0 fully saturated rings. The number of fused-ring (bicyclic) bond motifs is 1. The molecule has 0 N–H and O–H groups in total. The van der Waals surface area contributed by atoms with Crippen molar-refractivity contribution in [1.82, 2.24) is 0 Å². The van der Waals surface area contributed by atoms with Crippen LogP contribution in [0, 0.1) is 26.7 Å². The van der Waals surface area contributed by atoms with Gasteiger partial charge in [-0.05, 0) is 100 Å². The monoisotopic (exact) mass is 1290 g/mol. The zero-order chi connectivity index (χ0) is 67.1. The lowest BCUT2D eigenvalue weighted by Gasteiger charge is -2.19. The molecule has 1 aliphatic rings. The number of benzene rings is 2. The SMILES string of the molecule is CCCCCCCCCCCCCCCC(=O)OCC(COC(=O)CCCCCCCCCCCCCCC)OC(=O)CC(C)CCCCCCCCC(=O)Oc1c(C)cc(COC(=O)Oc2c(C/C=C(\C)CCC(=O)OC)c(OC)c(C)c3c2C(=O)OC3)cc1C. The molecule has 16 heteroatoms. The van der Waals surface area contributed by atoms with Crippen LogP contribution >= 0.6 is 0 Å². The summed E-state index contributed by atoms with van der Waals surface area (Å²) in [4.78, 5) is 89.9. The molecule has 16 nitrogen and oxygen atoms in total. The van der Waals surface area contributed by atoms with Crippen LogP contribution in [0.2, 0.25) is 0 Å². The van der Waals surface area contributed by atoms with Gasteiger partial charge in [0.2, 0.25) is 0 Å². The fourth-order valence-electron chi connectivity index (χ4n) is 11.9. The van der Waals surface area contributed by atoms with Gasteiger partial charge in [0.05, 0.1) is 14.2 Å². The summed E-state index contributed by atoms with van der Waals surface area (Å²) in [5.41, 5.74) is 4.77. The normalized spacial score (nSPS) is 12.3. The first-order valence-corrected chi connectivity index (χ1v) is 35.8. The van der Waals surface area contributed by atoms with Crippen molar-refractivity contribution in [1.29, 1.82) is 0 Å². The van der Waals surface area contributed by atoms with E-state index in [-0.39, 0.29) is 93.2 Å². The molecule has 1 atom stereocenters. The second-order valence-electron chi connectivity index (χ2n) is 25.8. The van der Waals surface area contributed by atoms with Crippen LogP contribution in [-0.4, -0.2) is 75.5 Å². The van der Waals surface area contributed by atoms with Crippen LogP contribution in [0.15, 0.2) is 23.8 Å². The third-order valence-corrected chi connectivity index (χ3v) is 17.5. The molecule has 1 unspecified atom stereocenters. The average Bonchev–Trinajstić information content (AvgIpc) is 1.51. The predicted molar refractivity (Wildman–Crippen MR) is 361 cm³/mol. The lowest BCUT2D eigenvalue weighted by molar-refractivity contribution is -0.167. The first kappa shape index (κ1) is 80.3. The van der Waals surface area contributed by atoms with Gasteiger partial charge < -0.3 is 42.6 Å². The number of esters is 6. The quantitative estimate of drug-likeness (QED) is 0.0151. The smallest absolute Gasteiger partial charge is 0.496 e. The summed E-state index contributed by atoms with van der Waals surface area (Å²) in [6, 6.07) is 3.56. The Labute approximate surface area is 553 Å². The van der Waals surface area contributed by atoms with Crippen molar-refractivity contribution in [3.8, 4) is 17.2 Å². The maximum Gasteiger partial charge on any atom is 0.514 e. The van der Waals surface area contributed by atoms with Gasteiger partial charge in [0.15, 0.2) is 11.9 Å². The molecule has 0 radical (unpaired) electrons. The number of unbranched alkanes of at least 4 members (excludes halogenated alkanes) is 29. The lowest BCUT2D eigenvalue weighted by Crippen LogP contribution is -2.31. The van der Waals surface area contributed by atoms with Crippen molar-refractivity contribution in [3.05, 3.63) is 62.7 Å². The molecule has 2 aromatic rings. The summed E-state index contributed by atoms with van der Waals surface area (Å²) < 4.78 is 50.1. The Morgan fingerprint density at radius 1 is 0.522 bits per heavy atom. The van der Waals surface area contributed by atoms with Gasteiger partial charge in [-0.3, -0.25) is 24.0 Å². The highest BCUT2D eigenvalue weighted by atomic mass is 16.7. The molecule has 0 spiro atoms. The van der Waals surface area contributed by atoms with E-state index in [1.807, 2.05) is 40.7 Å². The largest absolute Gasteiger partial charge is 0.514 e. The first-order valence-electron chi connectivity index (χ1n) is 35.8. The Morgan fingerprint density at radius 2 is 0.978 bits per heavy atom. The summed E-state index contributed by atoms with van der Waals surface area (Å²) in [7, 11) is 2.84. The van der Waals surface area contributed by atoms with Gasteiger partial charge in [0.25, 0.3) is 0 Å². The van der Waals surface area contributed by atoms with E-state index < -0.39 is 24.2 Å². The number of carbonyl (C=O) groups excluding carboxylic acids is 7. The summed E-state index contributed by atoms with van der Waals surface area (Å²) in [5, 5.41) is 0. The molecule has 0 aliphatic carbocycles. The van der Waals surface area contributed by atoms with Gasteiger partial charge in [-0.15, -0.1) is 0 Å². The molecule has 0 aromatic heterocycles. The van der Waals surface area contributed by atoms with Crippen LogP contribution in [0.5, 0.6) is 17.2 Å². The van der Waals surface area contributed by atoms with Gasteiger partial charge in [0.1, 0.15) is 43.5 Å². The highest BCUT2D eigenvalue weighted by Gasteiger charge is 2.35. The van der Waals surface area contributed by atoms with Crippen molar-refractivity contribution in [2.75, 3.05) is 27.4 Å². The summed E-state index contributed by atoms with van der Waals surface area (Å²) in [6.45, 7) is 13.4. The van der Waals surface area contributed by atoms with Gasteiger partial charge in [-0.25, -0.2) is 9.59 Å². The average molecular weight is 1290 g/mol. The third-order valence-electron chi connectivity index (χ3n) is 17.5. The van der Waals surface area contributed by atoms with E-state index in [0.717, 1.165) is 82.6 Å². The van der Waals surface area contributed by atoms with Crippen molar-refractivity contribution in [2.24, 2.45) is 5.92 Å². The molecule has 2 aromatic carbocycles. The molecule has 0 amide bonds. The summed E-state index contributed by atoms with van der Waals surface area (Å²) in [6.07, 6.45) is 39.9. The molecule has 0 saturated heterocycles. The number of carbonyl (C=O) groups is 7. The van der Waals surface area contributed by atoms with Crippen molar-refractivity contribution < 1.29 is 76.2 Å². The van der Waals surface area contributed by atoms with E-state index in [2.05, 4.69) is 13.8 Å². The van der Waals surface area contributed by atoms with Crippen molar-refractivity contribution in [3.63, 3.8) is 0 Å². The summed E-state index contributed by atoms with van der Waals surface area (Å²) in [5.74, 6) is -1.38. The Morgan fingerprint density at radius 3 is 1.45 bits per heavy atom. The fraction of sp³-hybridized carbons (Fsp3) is 0.724. The number of ether oxygens (including phenoxy) is 9. The maximum absolute atomic E-state index is 13.3. The van der Waals surface area contributed by atoms with E-state index in [4.69, 9.17) is 42.6 Å². The molecule has 92 heavy (non-hydrogen) atoms. The standard InChI is InChI=1S/C76H120O16/c1-10-12-14-16-18-20-22-24-26-28-30-35-39-43-67(78)86-54-63(55-87-68(79)44-40-36-31-29-27-25-23-21-19-17-15-13-11-2)90-70(81)50-58(4)42-38-34-32-33-37-41-45-69(80)91-72-59(5)51-62(52-60(72)6)53-89-76(83)92-74-64(48-46-57(3)47-49-66(77)84-8)73(85-9)61(7)65-56-88-75(82)71(65)74/h46,51-52,58,63H,10-45,47-50,53-56H2,1-9H3/b57-46+. The Hall–Kier alpha value is -5.93. The highest BCUT2D eigenvalue weighted by molar-refractivity contribution is 5.99. The molecule has 520 valence electrons. The van der Waals surface area contributed by atoms with E-state index in [1.54, 1.807) is 12.1 Å². The second kappa shape index (κ2) is 49.6. The zero-order valence-corrected chi connectivity index (χ0v) is 58.5. The van der Waals surface area contributed by atoms with E-state index in [0.29, 0.717) is 70.6 Å². The second-order valence-corrected chi connectivity index (χ2v) is 25.8. The minimum absolute atomic E-state index is 0.00450. The molecule has 3 rings (SSSR count). The maximum atomic E-state index is 13.3. The molecule has 0 bridgehead atoms. The van der Waals surface area contributed by atoms with Crippen LogP contribution in [0.4, 0.5) is 4.79 Å². The summed E-state index contributed by atoms with van der Waals surface area (Å²) >= 11 is 0. The molecule has 1 heterocycles. The van der Waals surface area contributed by atoms with Gasteiger partial charge in [0, 0.05) is 43.2 Å². The Balaban J connectivity index is 1.38. The van der Waals surface area contributed by atoms with E-state index in [1.165, 1.54) is 143 Å². The van der Waals surface area contributed by atoms with Crippen LogP contribution in [0.1, 0.15) is 322 Å². The van der Waals surface area contributed by atoms with Crippen molar-refractivity contribution >= 4 is 42.0 Å². The number of hydrogen-bond acceptors (Lipinski definition) is 16. The number of allylic oxidation sites excluding steroid dienone is 2. The number of hydrogen-bond donors (Lipinski definition) is 0. The van der Waals surface area contributed by atoms with E-state index in [9.17, 15) is 33.6 Å². The number of cyclic esters (lactones) is 1. The zero-order valence-electron chi connectivity index (χ0n) is 58.5. The van der Waals surface area contributed by atoms with Gasteiger partial charge in [-0.1, -0.05) is 225 Å². The molecular formula is C76H120O16. The number of methoxy groups -OCH3 is 2. The minimum atomic E-state index is -1.04. The highest BCUT2D eigenvalue weighted by Crippen LogP contribution is 2.43. The number of rotatable bonds is 54. The molecular weight excluding hydrogens is 1170 g/mol. The van der Waals surface area contributed by atoms with Crippen molar-refractivity contribution in [2.45, 2.75) is 325 Å². The van der Waals surface area contributed by atoms with Crippen LogP contribution in [-0.2, 0) is 72.0 Å². The minimum Gasteiger partial charge on any atom is -0.496 e. The Bertz CT molecular complexity index is 2440. The first-order chi connectivity index (χ1) is 44.5. The van der Waals surface area contributed by atoms with Gasteiger partial charge >= 0.3 is 42.0 Å². The Kier molecular flexibility index (Phi) is 43.3. The van der Waals surface area contributed by atoms with Crippen LogP contribution in [0.3, 0.4) is 0 Å². The van der Waals surface area contributed by atoms with Gasteiger partial charge in [-0.2, -0.15) is 0 Å². The van der Waals surface area contributed by atoms with Crippen LogP contribution < -0.4 is 14.2 Å². The van der Waals surface area contributed by atoms with E-state index >= 15 is 0 Å². The molecule has 1 aliphatic heterocycles. The number of aryl methyl sites for hydroxylation is 2. The predicted octanol–water partition coefficient (Wildman–Crippen LogP) is 19.5. The third kappa shape index (κ3) is 34.8. The molecule has 0 saturated carbocycles. The van der Waals surface area contributed by atoms with Crippen LogP contribution in [0.25, 0.3) is 0 Å². The lowest BCUT2D eigenvalue weighted by atomic mass is 9.94. The topological polar surface area (TPSA) is 203 Å².